The van der Waals surface area contributed by atoms with Crippen molar-refractivity contribution in [2.24, 2.45) is 5.41 Å². The Morgan fingerprint density at radius 3 is 2.43 bits per heavy atom. The summed E-state index contributed by atoms with van der Waals surface area (Å²) in [6, 6.07) is 7.82. The summed E-state index contributed by atoms with van der Waals surface area (Å²) in [5, 5.41) is 0. The maximum Gasteiger partial charge on any atom is 0.253 e. The molecule has 2 fully saturated rings. The number of hydrogen-bond donors (Lipinski definition) is 0. The molecular formula is C19H27NO3. The van der Waals surface area contributed by atoms with Gasteiger partial charge in [0, 0.05) is 32.4 Å². The maximum absolute atomic E-state index is 12.6. The molecule has 1 aromatic rings. The van der Waals surface area contributed by atoms with Crippen LogP contribution in [0.4, 0.5) is 0 Å². The van der Waals surface area contributed by atoms with Crippen molar-refractivity contribution in [1.82, 2.24) is 4.90 Å². The molecule has 1 saturated carbocycles. The van der Waals surface area contributed by atoms with E-state index in [1.165, 1.54) is 0 Å². The summed E-state index contributed by atoms with van der Waals surface area (Å²) < 4.78 is 10.8. The average molecular weight is 317 g/mol. The molecule has 0 unspecified atom stereocenters. The van der Waals surface area contributed by atoms with Crippen molar-refractivity contribution in [3.05, 3.63) is 35.4 Å². The molecule has 1 amide bonds. The van der Waals surface area contributed by atoms with E-state index in [1.54, 1.807) is 7.11 Å². The van der Waals surface area contributed by atoms with E-state index < -0.39 is 0 Å². The van der Waals surface area contributed by atoms with Gasteiger partial charge in [0.15, 0.2) is 0 Å². The second-order valence-electron chi connectivity index (χ2n) is 6.89. The Hall–Kier alpha value is -1.39. The highest BCUT2D eigenvalue weighted by atomic mass is 16.5. The van der Waals surface area contributed by atoms with Crippen LogP contribution in [0.5, 0.6) is 0 Å². The average Bonchev–Trinajstić information content (AvgIpc) is 2.57. The maximum atomic E-state index is 12.6. The minimum atomic E-state index is 0.158. The number of piperidine rings is 1. The van der Waals surface area contributed by atoms with Gasteiger partial charge in [0.25, 0.3) is 5.91 Å². The summed E-state index contributed by atoms with van der Waals surface area (Å²) in [5.74, 6) is 0.158. The lowest BCUT2D eigenvalue weighted by Gasteiger charge is -2.51. The molecule has 0 bridgehead atoms. The van der Waals surface area contributed by atoms with Crippen LogP contribution in [-0.4, -0.2) is 43.7 Å². The van der Waals surface area contributed by atoms with Crippen LogP contribution in [0.25, 0.3) is 0 Å². The summed E-state index contributed by atoms with van der Waals surface area (Å²) in [4.78, 5) is 14.6. The zero-order valence-corrected chi connectivity index (χ0v) is 14.2. The molecule has 23 heavy (non-hydrogen) atoms. The molecule has 0 radical (unpaired) electrons. The van der Waals surface area contributed by atoms with Crippen LogP contribution >= 0.6 is 0 Å². The fourth-order valence-electron chi connectivity index (χ4n) is 3.81. The number of rotatable bonds is 5. The van der Waals surface area contributed by atoms with E-state index >= 15 is 0 Å². The first-order valence-corrected chi connectivity index (χ1v) is 8.64. The van der Waals surface area contributed by atoms with E-state index in [1.807, 2.05) is 36.1 Å². The number of nitrogens with zero attached hydrogens (tertiary/aromatic N) is 1. The molecule has 126 valence electrons. The van der Waals surface area contributed by atoms with Crippen molar-refractivity contribution in [1.29, 1.82) is 0 Å². The number of hydrogen-bond acceptors (Lipinski definition) is 3. The molecule has 0 atom stereocenters. The largest absolute Gasteiger partial charge is 0.381 e. The minimum Gasteiger partial charge on any atom is -0.381 e. The monoisotopic (exact) mass is 317 g/mol. The minimum absolute atomic E-state index is 0.158. The molecule has 1 aliphatic carbocycles. The van der Waals surface area contributed by atoms with Crippen LogP contribution in [0.15, 0.2) is 24.3 Å². The summed E-state index contributed by atoms with van der Waals surface area (Å²) >= 11 is 0. The van der Waals surface area contributed by atoms with Gasteiger partial charge in [-0.25, -0.2) is 0 Å². The Bertz CT molecular complexity index is 524. The first-order chi connectivity index (χ1) is 11.2. The van der Waals surface area contributed by atoms with E-state index in [2.05, 4.69) is 0 Å². The lowest BCUT2D eigenvalue weighted by molar-refractivity contribution is -0.0841. The Kier molecular flexibility index (Phi) is 5.02. The molecule has 4 heteroatoms. The second-order valence-corrected chi connectivity index (χ2v) is 6.89. The number of likely N-dealkylation sites (tertiary alicyclic amines) is 1. The fourth-order valence-corrected chi connectivity index (χ4v) is 3.81. The number of methoxy groups -OCH3 is 1. The third-order valence-corrected chi connectivity index (χ3v) is 5.44. The topological polar surface area (TPSA) is 38.8 Å². The van der Waals surface area contributed by atoms with Crippen molar-refractivity contribution < 1.29 is 14.3 Å². The number of benzene rings is 1. The molecule has 1 saturated heterocycles. The molecule has 1 heterocycles. The molecule has 3 rings (SSSR count). The van der Waals surface area contributed by atoms with Crippen LogP contribution in [0.1, 0.15) is 48.5 Å². The SMILES string of the molecule is CCOCc1ccc(C(=O)N2CCC3(CC2)CC(OC)C3)cc1. The van der Waals surface area contributed by atoms with Crippen molar-refractivity contribution in [2.45, 2.75) is 45.3 Å². The molecule has 1 aromatic carbocycles. The molecule has 1 spiro atoms. The number of carbonyl (C=O) groups is 1. The molecule has 2 aliphatic rings. The van der Waals surface area contributed by atoms with Gasteiger partial charge < -0.3 is 14.4 Å². The highest BCUT2D eigenvalue weighted by molar-refractivity contribution is 5.94. The van der Waals surface area contributed by atoms with Gasteiger partial charge in [0.1, 0.15) is 0 Å². The van der Waals surface area contributed by atoms with Gasteiger partial charge in [0.2, 0.25) is 0 Å². The summed E-state index contributed by atoms with van der Waals surface area (Å²) in [6.45, 7) is 5.04. The van der Waals surface area contributed by atoms with Gasteiger partial charge >= 0.3 is 0 Å². The Morgan fingerprint density at radius 1 is 1.22 bits per heavy atom. The van der Waals surface area contributed by atoms with Crippen LogP contribution in [0, 0.1) is 5.41 Å². The highest BCUT2D eigenvalue weighted by Gasteiger charge is 2.46. The lowest BCUT2D eigenvalue weighted by Crippen LogP contribution is -2.50. The van der Waals surface area contributed by atoms with E-state index in [9.17, 15) is 4.79 Å². The number of amides is 1. The van der Waals surface area contributed by atoms with Crippen molar-refractivity contribution >= 4 is 5.91 Å². The van der Waals surface area contributed by atoms with Crippen LogP contribution in [0.3, 0.4) is 0 Å². The predicted octanol–water partition coefficient (Wildman–Crippen LogP) is 3.25. The van der Waals surface area contributed by atoms with E-state index in [4.69, 9.17) is 9.47 Å². The van der Waals surface area contributed by atoms with Crippen molar-refractivity contribution in [2.75, 3.05) is 26.8 Å². The first-order valence-electron chi connectivity index (χ1n) is 8.64. The Morgan fingerprint density at radius 2 is 1.87 bits per heavy atom. The third kappa shape index (κ3) is 3.59. The van der Waals surface area contributed by atoms with E-state index in [0.29, 0.717) is 24.7 Å². The molecule has 0 aromatic heterocycles. The molecule has 1 aliphatic heterocycles. The van der Waals surface area contributed by atoms with Crippen molar-refractivity contribution in [3.8, 4) is 0 Å². The number of carbonyl (C=O) groups excluding carboxylic acids is 1. The zero-order valence-electron chi connectivity index (χ0n) is 14.2. The third-order valence-electron chi connectivity index (χ3n) is 5.44. The smallest absolute Gasteiger partial charge is 0.253 e. The summed E-state index contributed by atoms with van der Waals surface area (Å²) in [5.41, 5.74) is 2.34. The molecule has 0 N–H and O–H groups in total. The second kappa shape index (κ2) is 7.02. The standard InChI is InChI=1S/C19H27NO3/c1-3-23-14-15-4-6-16(7-5-15)18(21)20-10-8-19(9-11-20)12-17(13-19)22-2/h4-7,17H,3,8-14H2,1-2H3. The van der Waals surface area contributed by atoms with Crippen LogP contribution < -0.4 is 0 Å². The fraction of sp³-hybridized carbons (Fsp3) is 0.632. The van der Waals surface area contributed by atoms with E-state index in [0.717, 1.165) is 49.9 Å². The van der Waals surface area contributed by atoms with Gasteiger partial charge in [-0.3, -0.25) is 4.79 Å². The highest BCUT2D eigenvalue weighted by Crippen LogP contribution is 2.50. The predicted molar refractivity (Wildman–Crippen MR) is 89.4 cm³/mol. The van der Waals surface area contributed by atoms with Gasteiger partial charge in [0.05, 0.1) is 12.7 Å². The Balaban J connectivity index is 1.53. The van der Waals surface area contributed by atoms with Gasteiger partial charge in [-0.15, -0.1) is 0 Å². The van der Waals surface area contributed by atoms with E-state index in [-0.39, 0.29) is 5.91 Å². The summed E-state index contributed by atoms with van der Waals surface area (Å²) in [6.07, 6.45) is 4.99. The van der Waals surface area contributed by atoms with Crippen LogP contribution in [0.2, 0.25) is 0 Å². The van der Waals surface area contributed by atoms with Crippen molar-refractivity contribution in [3.63, 3.8) is 0 Å². The normalized spacial score (nSPS) is 20.5. The number of ether oxygens (including phenoxy) is 2. The Labute approximate surface area is 138 Å². The van der Waals surface area contributed by atoms with Crippen LogP contribution in [-0.2, 0) is 16.1 Å². The summed E-state index contributed by atoms with van der Waals surface area (Å²) in [7, 11) is 1.80. The molecular weight excluding hydrogens is 290 g/mol. The van der Waals surface area contributed by atoms with Gasteiger partial charge in [-0.1, -0.05) is 12.1 Å². The first kappa shape index (κ1) is 16.5. The lowest BCUT2D eigenvalue weighted by atomic mass is 9.61. The zero-order chi connectivity index (χ0) is 16.3. The molecule has 4 nitrogen and oxygen atoms in total. The van der Waals surface area contributed by atoms with Gasteiger partial charge in [-0.2, -0.15) is 0 Å². The van der Waals surface area contributed by atoms with Gasteiger partial charge in [-0.05, 0) is 55.7 Å². The quantitative estimate of drug-likeness (QED) is 0.837.